The first kappa shape index (κ1) is 11.2. The van der Waals surface area contributed by atoms with Crippen LogP contribution in [0.1, 0.15) is 18.3 Å². The summed E-state index contributed by atoms with van der Waals surface area (Å²) in [4.78, 5) is 20.7. The molecule has 0 bridgehead atoms. The van der Waals surface area contributed by atoms with Gasteiger partial charge in [0.15, 0.2) is 0 Å². The van der Waals surface area contributed by atoms with Gasteiger partial charge in [-0.15, -0.1) is 0 Å². The van der Waals surface area contributed by atoms with Crippen LogP contribution < -0.4 is 0 Å². The van der Waals surface area contributed by atoms with Crippen molar-refractivity contribution in [1.29, 1.82) is 0 Å². The zero-order valence-corrected chi connectivity index (χ0v) is 8.43. The Labute approximate surface area is 85.5 Å². The van der Waals surface area contributed by atoms with Gasteiger partial charge in [0.05, 0.1) is 11.3 Å². The van der Waals surface area contributed by atoms with Crippen molar-refractivity contribution in [2.75, 3.05) is 0 Å². The highest BCUT2D eigenvalue weighted by atomic mass is 16.6. The molecule has 7 nitrogen and oxygen atoms in total. The van der Waals surface area contributed by atoms with E-state index in [1.165, 1.54) is 11.7 Å². The number of rotatable bonds is 4. The molecule has 0 atom stereocenters. The van der Waals surface area contributed by atoms with Crippen molar-refractivity contribution in [2.24, 2.45) is 7.05 Å². The minimum atomic E-state index is -1.11. The molecule has 7 heteroatoms. The highest BCUT2D eigenvalue weighted by Gasteiger charge is 2.26. The summed E-state index contributed by atoms with van der Waals surface area (Å²) in [6.45, 7) is 1.74. The number of aryl methyl sites for hydroxylation is 2. The zero-order valence-electron chi connectivity index (χ0n) is 8.43. The molecule has 82 valence electrons. The molecule has 1 heterocycles. The Morgan fingerprint density at radius 2 is 2.27 bits per heavy atom. The second kappa shape index (κ2) is 4.07. The zero-order chi connectivity index (χ0) is 11.6. The van der Waals surface area contributed by atoms with Crippen molar-refractivity contribution < 1.29 is 14.8 Å². The number of carboxylic acid groups (broad SMARTS) is 1. The Morgan fingerprint density at radius 3 is 2.67 bits per heavy atom. The van der Waals surface area contributed by atoms with E-state index in [4.69, 9.17) is 5.11 Å². The van der Waals surface area contributed by atoms with E-state index in [-0.39, 0.29) is 17.8 Å². The topological polar surface area (TPSA) is 98.3 Å². The minimum absolute atomic E-state index is 0.129. The van der Waals surface area contributed by atoms with Crippen LogP contribution in [0.2, 0.25) is 0 Å². The first-order valence-corrected chi connectivity index (χ1v) is 4.38. The number of hydrogen-bond acceptors (Lipinski definition) is 4. The Bertz CT molecular complexity index is 410. The van der Waals surface area contributed by atoms with Gasteiger partial charge in [0.1, 0.15) is 11.4 Å². The molecule has 0 saturated heterocycles. The number of nitrogens with zero attached hydrogens (tertiary/aromatic N) is 3. The van der Waals surface area contributed by atoms with Crippen LogP contribution in [0.4, 0.5) is 5.69 Å². The Kier molecular flexibility index (Phi) is 3.03. The van der Waals surface area contributed by atoms with E-state index in [0.29, 0.717) is 12.1 Å². The first-order chi connectivity index (χ1) is 6.97. The molecule has 1 aromatic rings. The van der Waals surface area contributed by atoms with Crippen LogP contribution >= 0.6 is 0 Å². The number of hydrogen-bond donors (Lipinski definition) is 1. The van der Waals surface area contributed by atoms with Crippen molar-refractivity contribution in [3.8, 4) is 0 Å². The minimum Gasteiger partial charge on any atom is -0.481 e. The Hall–Kier alpha value is -1.92. The van der Waals surface area contributed by atoms with Gasteiger partial charge in [0, 0.05) is 7.05 Å². The van der Waals surface area contributed by atoms with Gasteiger partial charge in [-0.2, -0.15) is 5.10 Å². The van der Waals surface area contributed by atoms with Crippen LogP contribution in [0.25, 0.3) is 0 Å². The van der Waals surface area contributed by atoms with Gasteiger partial charge in [-0.3, -0.25) is 19.6 Å². The van der Waals surface area contributed by atoms with E-state index < -0.39 is 10.9 Å². The summed E-state index contributed by atoms with van der Waals surface area (Å²) in [6, 6.07) is 0. The predicted molar refractivity (Wildman–Crippen MR) is 50.6 cm³/mol. The molecule has 0 aliphatic heterocycles. The lowest BCUT2D eigenvalue weighted by Crippen LogP contribution is -2.07. The molecule has 1 rings (SSSR count). The number of aromatic nitrogens is 2. The summed E-state index contributed by atoms with van der Waals surface area (Å²) < 4.78 is 1.26. The summed E-state index contributed by atoms with van der Waals surface area (Å²) >= 11 is 0. The van der Waals surface area contributed by atoms with Crippen LogP contribution in [0.15, 0.2) is 0 Å². The maximum absolute atomic E-state index is 10.8. The van der Waals surface area contributed by atoms with E-state index >= 15 is 0 Å². The van der Waals surface area contributed by atoms with Crippen molar-refractivity contribution in [3.05, 3.63) is 21.5 Å². The fourth-order valence-corrected chi connectivity index (χ4v) is 1.40. The monoisotopic (exact) mass is 213 g/mol. The van der Waals surface area contributed by atoms with Gasteiger partial charge in [0.25, 0.3) is 0 Å². The van der Waals surface area contributed by atoms with Gasteiger partial charge >= 0.3 is 11.7 Å². The average molecular weight is 213 g/mol. The average Bonchev–Trinajstić information content (AvgIpc) is 2.42. The molecule has 0 aliphatic carbocycles. The summed E-state index contributed by atoms with van der Waals surface area (Å²) in [5, 5.41) is 23.3. The van der Waals surface area contributed by atoms with Gasteiger partial charge < -0.3 is 5.11 Å². The van der Waals surface area contributed by atoms with Gasteiger partial charge in [-0.05, 0) is 6.42 Å². The summed E-state index contributed by atoms with van der Waals surface area (Å²) in [7, 11) is 1.50. The Balaban J connectivity index is 3.28. The molecule has 0 amide bonds. The summed E-state index contributed by atoms with van der Waals surface area (Å²) in [5.74, 6) is -1.11. The van der Waals surface area contributed by atoms with Crippen molar-refractivity contribution >= 4 is 11.7 Å². The summed E-state index contributed by atoms with van der Waals surface area (Å²) in [6.07, 6.45) is 0.0174. The van der Waals surface area contributed by atoms with E-state index in [2.05, 4.69) is 5.10 Å². The lowest BCUT2D eigenvalue weighted by molar-refractivity contribution is -0.386. The van der Waals surface area contributed by atoms with Gasteiger partial charge in [-0.25, -0.2) is 0 Å². The second-order valence-corrected chi connectivity index (χ2v) is 3.05. The fraction of sp³-hybridized carbons (Fsp3) is 0.500. The van der Waals surface area contributed by atoms with Crippen LogP contribution in [0, 0.1) is 10.1 Å². The third-order valence-corrected chi connectivity index (χ3v) is 2.04. The number of carboxylic acids is 1. The highest BCUT2D eigenvalue weighted by Crippen LogP contribution is 2.23. The molecule has 1 N–H and O–H groups in total. The molecule has 0 aromatic carbocycles. The number of carbonyl (C=O) groups is 1. The fourth-order valence-electron chi connectivity index (χ4n) is 1.40. The number of nitro groups is 1. The van der Waals surface area contributed by atoms with E-state index in [0.717, 1.165) is 0 Å². The van der Waals surface area contributed by atoms with Crippen LogP contribution in [-0.4, -0.2) is 25.8 Å². The second-order valence-electron chi connectivity index (χ2n) is 3.05. The normalized spacial score (nSPS) is 10.3. The molecule has 15 heavy (non-hydrogen) atoms. The Morgan fingerprint density at radius 1 is 1.67 bits per heavy atom. The molecule has 0 saturated carbocycles. The van der Waals surface area contributed by atoms with Gasteiger partial charge in [0.2, 0.25) is 0 Å². The molecule has 0 spiro atoms. The third-order valence-electron chi connectivity index (χ3n) is 2.04. The van der Waals surface area contributed by atoms with Crippen LogP contribution in [0.5, 0.6) is 0 Å². The van der Waals surface area contributed by atoms with Crippen molar-refractivity contribution in [2.45, 2.75) is 19.8 Å². The largest absolute Gasteiger partial charge is 0.481 e. The maximum Gasteiger partial charge on any atom is 0.313 e. The SMILES string of the molecule is CCc1nn(C)c(CC(=O)O)c1[N+](=O)[O-]. The molecular weight excluding hydrogens is 202 g/mol. The first-order valence-electron chi connectivity index (χ1n) is 4.38. The lowest BCUT2D eigenvalue weighted by atomic mass is 10.2. The quantitative estimate of drug-likeness (QED) is 0.580. The standard InChI is InChI=1S/C8H11N3O4/c1-3-5-8(11(14)15)6(4-7(12)13)10(2)9-5/h3-4H2,1-2H3,(H,12,13). The van der Waals surface area contributed by atoms with Crippen molar-refractivity contribution in [1.82, 2.24) is 9.78 Å². The molecule has 1 aromatic heterocycles. The molecular formula is C8H11N3O4. The van der Waals surface area contributed by atoms with E-state index in [9.17, 15) is 14.9 Å². The van der Waals surface area contributed by atoms with Crippen LogP contribution in [-0.2, 0) is 24.7 Å². The number of aliphatic carboxylic acids is 1. The van der Waals surface area contributed by atoms with Gasteiger partial charge in [-0.1, -0.05) is 6.92 Å². The lowest BCUT2D eigenvalue weighted by Gasteiger charge is -1.96. The smallest absolute Gasteiger partial charge is 0.313 e. The van der Waals surface area contributed by atoms with E-state index in [1.807, 2.05) is 0 Å². The molecule has 0 radical (unpaired) electrons. The molecule has 0 fully saturated rings. The maximum atomic E-state index is 10.8. The highest BCUT2D eigenvalue weighted by molar-refractivity contribution is 5.71. The van der Waals surface area contributed by atoms with E-state index in [1.54, 1.807) is 6.92 Å². The summed E-state index contributed by atoms with van der Waals surface area (Å²) in [5.41, 5.74) is 0.269. The molecule has 0 aliphatic rings. The van der Waals surface area contributed by atoms with Crippen molar-refractivity contribution in [3.63, 3.8) is 0 Å². The van der Waals surface area contributed by atoms with Crippen LogP contribution in [0.3, 0.4) is 0 Å². The predicted octanol–water partition coefficient (Wildman–Crippen LogP) is 0.518. The third kappa shape index (κ3) is 2.12. The molecule has 0 unspecified atom stereocenters.